The molecule has 0 N–H and O–H groups in total. The normalized spacial score (nSPS) is 15.7. The Morgan fingerprint density at radius 3 is 2.50 bits per heavy atom. The fourth-order valence-corrected chi connectivity index (χ4v) is 3.67. The first-order valence-corrected chi connectivity index (χ1v) is 9.81. The minimum Gasteiger partial charge on any atom is -0.341 e. The lowest BCUT2D eigenvalue weighted by atomic mass is 10.0. The van der Waals surface area contributed by atoms with Gasteiger partial charge in [0.05, 0.1) is 11.4 Å². The minimum atomic E-state index is 0.183. The predicted molar refractivity (Wildman–Crippen MR) is 112 cm³/mol. The van der Waals surface area contributed by atoms with Crippen molar-refractivity contribution in [2.45, 2.75) is 25.8 Å². The molecule has 1 aliphatic rings. The van der Waals surface area contributed by atoms with Crippen LogP contribution in [0.2, 0.25) is 0 Å². The lowest BCUT2D eigenvalue weighted by molar-refractivity contribution is -0.131. The van der Waals surface area contributed by atoms with Crippen LogP contribution in [0, 0.1) is 5.92 Å². The lowest BCUT2D eigenvalue weighted by Gasteiger charge is -2.19. The van der Waals surface area contributed by atoms with Gasteiger partial charge in [0.2, 0.25) is 5.91 Å². The van der Waals surface area contributed by atoms with Crippen LogP contribution in [0.4, 0.5) is 0 Å². The van der Waals surface area contributed by atoms with Gasteiger partial charge in [0.1, 0.15) is 0 Å². The van der Waals surface area contributed by atoms with E-state index in [0.29, 0.717) is 18.9 Å². The monoisotopic (exact) mass is 371 g/mol. The third kappa shape index (κ3) is 4.06. The molecule has 4 nitrogen and oxygen atoms in total. The summed E-state index contributed by atoms with van der Waals surface area (Å²) in [6.07, 6.45) is 9.14. The standard InChI is InChI=1S/C24H25N3O/c1-26(23(28)16-19-10-8-9-11-19)17-21-18-27(22-14-6-3-7-15-22)25-24(21)20-12-4-2-5-13-20/h2-8,10,12-15,18-19H,9,11,16-17H2,1H3/t19-/m0/s1. The largest absolute Gasteiger partial charge is 0.341 e. The summed E-state index contributed by atoms with van der Waals surface area (Å²) in [5.41, 5.74) is 4.04. The molecule has 1 aromatic heterocycles. The summed E-state index contributed by atoms with van der Waals surface area (Å²) < 4.78 is 1.90. The first-order valence-electron chi connectivity index (χ1n) is 9.81. The molecule has 142 valence electrons. The number of hydrogen-bond donors (Lipinski definition) is 0. The van der Waals surface area contributed by atoms with Crippen molar-refractivity contribution in [3.63, 3.8) is 0 Å². The van der Waals surface area contributed by atoms with Crippen LogP contribution < -0.4 is 0 Å². The number of hydrogen-bond acceptors (Lipinski definition) is 2. The lowest BCUT2D eigenvalue weighted by Crippen LogP contribution is -2.27. The second kappa shape index (κ2) is 8.26. The van der Waals surface area contributed by atoms with E-state index in [-0.39, 0.29) is 5.91 Å². The average Bonchev–Trinajstić information content (AvgIpc) is 3.39. The number of benzene rings is 2. The van der Waals surface area contributed by atoms with Crippen molar-refractivity contribution in [3.8, 4) is 16.9 Å². The van der Waals surface area contributed by atoms with Gasteiger partial charge in [0, 0.05) is 37.3 Å². The summed E-state index contributed by atoms with van der Waals surface area (Å²) in [5.74, 6) is 0.568. The highest BCUT2D eigenvalue weighted by molar-refractivity contribution is 5.77. The molecule has 1 heterocycles. The first kappa shape index (κ1) is 18.2. The Morgan fingerprint density at radius 1 is 1.11 bits per heavy atom. The first-order chi connectivity index (χ1) is 13.7. The van der Waals surface area contributed by atoms with Gasteiger partial charge in [0.15, 0.2) is 0 Å². The SMILES string of the molecule is CN(Cc1cn(-c2ccccc2)nc1-c1ccccc1)C(=O)C[C@H]1C=CCC1. The summed E-state index contributed by atoms with van der Waals surface area (Å²) >= 11 is 0. The van der Waals surface area contributed by atoms with Gasteiger partial charge < -0.3 is 4.90 Å². The van der Waals surface area contributed by atoms with E-state index in [2.05, 4.69) is 24.3 Å². The Labute approximate surface area is 166 Å². The number of amides is 1. The van der Waals surface area contributed by atoms with Gasteiger partial charge in [-0.05, 0) is 30.9 Å². The molecule has 1 amide bonds. The molecule has 1 aliphatic carbocycles. The van der Waals surface area contributed by atoms with Gasteiger partial charge in [-0.25, -0.2) is 4.68 Å². The van der Waals surface area contributed by atoms with Gasteiger partial charge in [-0.2, -0.15) is 5.10 Å². The van der Waals surface area contributed by atoms with E-state index >= 15 is 0 Å². The van der Waals surface area contributed by atoms with Crippen molar-refractivity contribution in [2.24, 2.45) is 5.92 Å². The zero-order valence-electron chi connectivity index (χ0n) is 16.2. The van der Waals surface area contributed by atoms with E-state index < -0.39 is 0 Å². The van der Waals surface area contributed by atoms with Gasteiger partial charge >= 0.3 is 0 Å². The number of aromatic nitrogens is 2. The molecular weight excluding hydrogens is 346 g/mol. The molecule has 4 rings (SSSR count). The van der Waals surface area contributed by atoms with E-state index in [1.54, 1.807) is 0 Å². The average molecular weight is 371 g/mol. The fraction of sp³-hybridized carbons (Fsp3) is 0.250. The number of allylic oxidation sites excluding steroid dienone is 2. The quantitative estimate of drug-likeness (QED) is 0.581. The van der Waals surface area contributed by atoms with Crippen molar-refractivity contribution in [1.82, 2.24) is 14.7 Å². The Bertz CT molecular complexity index is 960. The predicted octanol–water partition coefficient (Wildman–Crippen LogP) is 4.85. The van der Waals surface area contributed by atoms with E-state index in [1.807, 2.05) is 71.4 Å². The van der Waals surface area contributed by atoms with Crippen LogP contribution in [0.15, 0.2) is 79.0 Å². The number of para-hydroxylation sites is 1. The Hall–Kier alpha value is -3.14. The van der Waals surface area contributed by atoms with Crippen LogP contribution in [0.3, 0.4) is 0 Å². The van der Waals surface area contributed by atoms with E-state index in [0.717, 1.165) is 35.3 Å². The van der Waals surface area contributed by atoms with Crippen molar-refractivity contribution < 1.29 is 4.79 Å². The zero-order valence-corrected chi connectivity index (χ0v) is 16.2. The molecule has 3 aromatic rings. The smallest absolute Gasteiger partial charge is 0.223 e. The molecule has 0 spiro atoms. The van der Waals surface area contributed by atoms with Crippen LogP contribution in [0.25, 0.3) is 16.9 Å². The van der Waals surface area contributed by atoms with Crippen LogP contribution in [-0.2, 0) is 11.3 Å². The second-order valence-corrected chi connectivity index (χ2v) is 7.37. The van der Waals surface area contributed by atoms with Crippen molar-refractivity contribution in [2.75, 3.05) is 7.05 Å². The van der Waals surface area contributed by atoms with Crippen LogP contribution in [0.1, 0.15) is 24.8 Å². The Kier molecular flexibility index (Phi) is 5.38. The fourth-order valence-electron chi connectivity index (χ4n) is 3.67. The highest BCUT2D eigenvalue weighted by Crippen LogP contribution is 2.26. The molecule has 0 fully saturated rings. The maximum atomic E-state index is 12.7. The molecule has 0 bridgehead atoms. The molecule has 28 heavy (non-hydrogen) atoms. The van der Waals surface area contributed by atoms with Gasteiger partial charge in [-0.1, -0.05) is 60.7 Å². The molecule has 4 heteroatoms. The number of rotatable bonds is 6. The van der Waals surface area contributed by atoms with E-state index in [4.69, 9.17) is 5.10 Å². The van der Waals surface area contributed by atoms with Crippen molar-refractivity contribution in [1.29, 1.82) is 0 Å². The highest BCUT2D eigenvalue weighted by atomic mass is 16.2. The summed E-state index contributed by atoms with van der Waals surface area (Å²) in [4.78, 5) is 14.5. The van der Waals surface area contributed by atoms with Crippen LogP contribution in [0.5, 0.6) is 0 Å². The van der Waals surface area contributed by atoms with Crippen LogP contribution in [-0.4, -0.2) is 27.6 Å². The zero-order chi connectivity index (χ0) is 19.3. The van der Waals surface area contributed by atoms with Gasteiger partial charge in [-0.3, -0.25) is 4.79 Å². The third-order valence-corrected chi connectivity index (χ3v) is 5.24. The Balaban J connectivity index is 1.60. The van der Waals surface area contributed by atoms with E-state index in [1.165, 1.54) is 0 Å². The molecular formula is C24H25N3O. The van der Waals surface area contributed by atoms with E-state index in [9.17, 15) is 4.79 Å². The topological polar surface area (TPSA) is 38.1 Å². The number of carbonyl (C=O) groups is 1. The van der Waals surface area contributed by atoms with Crippen molar-refractivity contribution >= 4 is 5.91 Å². The maximum absolute atomic E-state index is 12.7. The second-order valence-electron chi connectivity index (χ2n) is 7.37. The summed E-state index contributed by atoms with van der Waals surface area (Å²) in [7, 11) is 1.88. The number of nitrogens with zero attached hydrogens (tertiary/aromatic N) is 3. The molecule has 2 aromatic carbocycles. The summed E-state index contributed by atoms with van der Waals surface area (Å²) in [6, 6.07) is 20.2. The molecule has 0 aliphatic heterocycles. The highest BCUT2D eigenvalue weighted by Gasteiger charge is 2.20. The summed E-state index contributed by atoms with van der Waals surface area (Å²) in [6.45, 7) is 0.548. The molecule has 0 saturated heterocycles. The van der Waals surface area contributed by atoms with Crippen molar-refractivity contribution in [3.05, 3.63) is 84.6 Å². The molecule has 0 unspecified atom stereocenters. The van der Waals surface area contributed by atoms with Gasteiger partial charge in [-0.15, -0.1) is 0 Å². The number of carbonyl (C=O) groups excluding carboxylic acids is 1. The Morgan fingerprint density at radius 2 is 1.82 bits per heavy atom. The third-order valence-electron chi connectivity index (χ3n) is 5.24. The molecule has 0 saturated carbocycles. The maximum Gasteiger partial charge on any atom is 0.223 e. The molecule has 0 radical (unpaired) electrons. The summed E-state index contributed by atoms with van der Waals surface area (Å²) in [5, 5.41) is 4.83. The minimum absolute atomic E-state index is 0.183. The van der Waals surface area contributed by atoms with Gasteiger partial charge in [0.25, 0.3) is 0 Å². The van der Waals surface area contributed by atoms with Crippen LogP contribution >= 0.6 is 0 Å². The molecule has 1 atom stereocenters.